The molecule has 0 aliphatic heterocycles. The quantitative estimate of drug-likeness (QED) is 0.239. The first-order valence-electron chi connectivity index (χ1n) is 11.4. The van der Waals surface area contributed by atoms with E-state index in [1.54, 1.807) is 12.1 Å². The maximum atomic E-state index is 12.3. The Morgan fingerprint density at radius 2 is 1.45 bits per heavy atom. The molecule has 0 unspecified atom stereocenters. The molecule has 0 bridgehead atoms. The average molecular weight is 433 g/mol. The number of carbonyl (C=O) groups is 1. The van der Waals surface area contributed by atoms with Gasteiger partial charge in [-0.15, -0.1) is 0 Å². The highest BCUT2D eigenvalue weighted by atomic mass is 19.4. The molecular weight excluding hydrogens is 401 g/mol. The van der Waals surface area contributed by atoms with Crippen molar-refractivity contribution < 1.29 is 22.7 Å². The first-order chi connectivity index (χ1) is 14.9. The van der Waals surface area contributed by atoms with Crippen molar-refractivity contribution >= 4 is 5.97 Å². The van der Waals surface area contributed by atoms with Crippen LogP contribution in [0, 0.1) is 5.92 Å². The summed E-state index contributed by atoms with van der Waals surface area (Å²) in [6.07, 6.45) is 6.88. The highest BCUT2D eigenvalue weighted by Crippen LogP contribution is 2.38. The number of esters is 1. The van der Waals surface area contributed by atoms with Crippen LogP contribution in [0.2, 0.25) is 0 Å². The Hall–Kier alpha value is -2.30. The Bertz CT molecular complexity index is 817. The second-order valence-corrected chi connectivity index (χ2v) is 8.60. The molecule has 1 aliphatic rings. The molecule has 0 N–H and O–H groups in total. The molecule has 0 aromatic heterocycles. The smallest absolute Gasteiger partial charge is 0.420 e. The van der Waals surface area contributed by atoms with E-state index >= 15 is 0 Å². The lowest BCUT2D eigenvalue weighted by Crippen LogP contribution is -2.27. The van der Waals surface area contributed by atoms with E-state index < -0.39 is 12.1 Å². The van der Waals surface area contributed by atoms with Crippen molar-refractivity contribution in [2.24, 2.45) is 5.92 Å². The zero-order valence-corrected chi connectivity index (χ0v) is 18.1. The van der Waals surface area contributed by atoms with Gasteiger partial charge < -0.3 is 4.74 Å². The molecule has 0 heterocycles. The Labute approximate surface area is 182 Å². The maximum absolute atomic E-state index is 12.3. The normalized spacial score (nSPS) is 19.2. The summed E-state index contributed by atoms with van der Waals surface area (Å²) in [5, 5.41) is 0. The van der Waals surface area contributed by atoms with Gasteiger partial charge in [0.15, 0.2) is 0 Å². The monoisotopic (exact) mass is 432 g/mol. The third-order valence-corrected chi connectivity index (χ3v) is 6.32. The lowest BCUT2D eigenvalue weighted by Gasteiger charge is -2.29. The molecule has 0 saturated heterocycles. The van der Waals surface area contributed by atoms with E-state index in [4.69, 9.17) is 0 Å². The SMILES string of the molecule is CCCCCCC1CCC(c2ccc(-c3ccc(OC(=O)C(F)(F)F)cc3)cc2)CC1. The molecule has 31 heavy (non-hydrogen) atoms. The Morgan fingerprint density at radius 1 is 0.871 bits per heavy atom. The number of hydrogen-bond donors (Lipinski definition) is 0. The zero-order chi connectivity index (χ0) is 22.3. The molecule has 0 amide bonds. The predicted octanol–water partition coefficient (Wildman–Crippen LogP) is 8.07. The molecule has 0 atom stereocenters. The van der Waals surface area contributed by atoms with E-state index in [0.29, 0.717) is 5.92 Å². The molecular formula is C26H31F3O2. The third kappa shape index (κ3) is 6.84. The van der Waals surface area contributed by atoms with Crippen molar-refractivity contribution in [2.75, 3.05) is 0 Å². The minimum absolute atomic E-state index is 0.117. The molecule has 0 radical (unpaired) electrons. The summed E-state index contributed by atoms with van der Waals surface area (Å²) in [5.74, 6) is -0.822. The van der Waals surface area contributed by atoms with E-state index in [1.807, 2.05) is 0 Å². The van der Waals surface area contributed by atoms with E-state index in [1.165, 1.54) is 75.5 Å². The topological polar surface area (TPSA) is 26.3 Å². The highest BCUT2D eigenvalue weighted by Gasteiger charge is 2.41. The third-order valence-electron chi connectivity index (χ3n) is 6.32. The number of carbonyl (C=O) groups excluding carboxylic acids is 1. The van der Waals surface area contributed by atoms with Gasteiger partial charge in [0.05, 0.1) is 0 Å². The van der Waals surface area contributed by atoms with Gasteiger partial charge in [-0.05, 0) is 66.3 Å². The van der Waals surface area contributed by atoms with Crippen LogP contribution in [-0.4, -0.2) is 12.1 Å². The van der Waals surface area contributed by atoms with Crippen LogP contribution in [0.1, 0.15) is 76.2 Å². The summed E-state index contributed by atoms with van der Waals surface area (Å²) in [5.41, 5.74) is 3.22. The first kappa shape index (κ1) is 23.4. The van der Waals surface area contributed by atoms with Crippen molar-refractivity contribution in [1.29, 1.82) is 0 Å². The van der Waals surface area contributed by atoms with Gasteiger partial charge in [0.2, 0.25) is 0 Å². The van der Waals surface area contributed by atoms with Gasteiger partial charge >= 0.3 is 12.1 Å². The summed E-state index contributed by atoms with van der Waals surface area (Å²) in [4.78, 5) is 10.9. The molecule has 1 saturated carbocycles. The second-order valence-electron chi connectivity index (χ2n) is 8.60. The average Bonchev–Trinajstić information content (AvgIpc) is 2.77. The largest absolute Gasteiger partial charge is 0.491 e. The maximum Gasteiger partial charge on any atom is 0.491 e. The van der Waals surface area contributed by atoms with Gasteiger partial charge in [0.1, 0.15) is 5.75 Å². The fourth-order valence-electron chi connectivity index (χ4n) is 4.47. The van der Waals surface area contributed by atoms with Crippen LogP contribution >= 0.6 is 0 Å². The predicted molar refractivity (Wildman–Crippen MR) is 117 cm³/mol. The van der Waals surface area contributed by atoms with Crippen molar-refractivity contribution in [3.8, 4) is 16.9 Å². The van der Waals surface area contributed by atoms with Crippen LogP contribution in [0.15, 0.2) is 48.5 Å². The van der Waals surface area contributed by atoms with Crippen LogP contribution in [0.25, 0.3) is 11.1 Å². The van der Waals surface area contributed by atoms with Gasteiger partial charge in [0, 0.05) is 0 Å². The summed E-state index contributed by atoms with van der Waals surface area (Å²) in [6.45, 7) is 2.25. The molecule has 5 heteroatoms. The molecule has 2 aromatic carbocycles. The van der Waals surface area contributed by atoms with Crippen LogP contribution in [-0.2, 0) is 4.79 Å². The number of hydrogen-bond acceptors (Lipinski definition) is 2. The van der Waals surface area contributed by atoms with E-state index in [2.05, 4.69) is 35.9 Å². The zero-order valence-electron chi connectivity index (χ0n) is 18.1. The van der Waals surface area contributed by atoms with E-state index in [9.17, 15) is 18.0 Å². The fourth-order valence-corrected chi connectivity index (χ4v) is 4.47. The molecule has 2 aromatic rings. The number of unbranched alkanes of at least 4 members (excludes halogenated alkanes) is 3. The van der Waals surface area contributed by atoms with Gasteiger partial charge in [-0.1, -0.05) is 75.4 Å². The number of rotatable bonds is 8. The fraction of sp³-hybridized carbons (Fsp3) is 0.500. The van der Waals surface area contributed by atoms with E-state index in [-0.39, 0.29) is 5.75 Å². The Morgan fingerprint density at radius 3 is 2.00 bits per heavy atom. The molecule has 1 aliphatic carbocycles. The van der Waals surface area contributed by atoms with Crippen molar-refractivity contribution in [2.45, 2.75) is 76.8 Å². The van der Waals surface area contributed by atoms with Crippen molar-refractivity contribution in [3.05, 3.63) is 54.1 Å². The summed E-state index contributed by atoms with van der Waals surface area (Å²) >= 11 is 0. The minimum Gasteiger partial charge on any atom is -0.420 e. The minimum atomic E-state index is -5.00. The number of benzene rings is 2. The van der Waals surface area contributed by atoms with Gasteiger partial charge in [0.25, 0.3) is 0 Å². The molecule has 2 nitrogen and oxygen atoms in total. The van der Waals surface area contributed by atoms with E-state index in [0.717, 1.165) is 17.0 Å². The van der Waals surface area contributed by atoms with Crippen LogP contribution in [0.5, 0.6) is 5.75 Å². The van der Waals surface area contributed by atoms with Crippen LogP contribution in [0.3, 0.4) is 0 Å². The van der Waals surface area contributed by atoms with Crippen LogP contribution in [0.4, 0.5) is 13.2 Å². The lowest BCUT2D eigenvalue weighted by molar-refractivity contribution is -0.189. The standard InChI is InChI=1S/C26H31F3O2/c1-2-3-4-5-6-19-7-9-20(10-8-19)21-11-13-22(14-12-21)23-15-17-24(18-16-23)31-25(30)26(27,28)29/h11-20H,2-10H2,1H3. The molecule has 3 rings (SSSR count). The van der Waals surface area contributed by atoms with Gasteiger partial charge in [-0.2, -0.15) is 13.2 Å². The number of ether oxygens (including phenoxy) is 1. The summed E-state index contributed by atoms with van der Waals surface area (Å²) < 4.78 is 41.3. The molecule has 1 fully saturated rings. The Balaban J connectivity index is 1.52. The number of halogens is 3. The summed E-state index contributed by atoms with van der Waals surface area (Å²) in [6, 6.07) is 14.5. The lowest BCUT2D eigenvalue weighted by atomic mass is 9.77. The second kappa shape index (κ2) is 10.8. The molecule has 0 spiro atoms. The van der Waals surface area contributed by atoms with Gasteiger partial charge in [-0.25, -0.2) is 4.79 Å². The van der Waals surface area contributed by atoms with Crippen LogP contribution < -0.4 is 4.74 Å². The van der Waals surface area contributed by atoms with Gasteiger partial charge in [-0.3, -0.25) is 0 Å². The van der Waals surface area contributed by atoms with Crippen molar-refractivity contribution in [3.63, 3.8) is 0 Å². The van der Waals surface area contributed by atoms with Crippen molar-refractivity contribution in [1.82, 2.24) is 0 Å². The first-order valence-corrected chi connectivity index (χ1v) is 11.4. The molecule has 168 valence electrons. The Kier molecular flexibility index (Phi) is 8.16. The number of alkyl halides is 3. The summed E-state index contributed by atoms with van der Waals surface area (Å²) in [7, 11) is 0. The highest BCUT2D eigenvalue weighted by molar-refractivity contribution is 5.78.